The third-order valence-electron chi connectivity index (χ3n) is 9.90. The predicted molar refractivity (Wildman–Crippen MR) is 149 cm³/mol. The van der Waals surface area contributed by atoms with Crippen LogP contribution in [0.15, 0.2) is 76.5 Å². The van der Waals surface area contributed by atoms with Crippen LogP contribution in [0, 0.1) is 36.0 Å². The molecular formula is C34H35NO3. The second-order valence-corrected chi connectivity index (χ2v) is 11.9. The van der Waals surface area contributed by atoms with Crippen molar-refractivity contribution in [3.8, 4) is 11.8 Å². The lowest BCUT2D eigenvalue weighted by molar-refractivity contribution is -0.114. The minimum Gasteiger partial charge on any atom is -0.411 e. The summed E-state index contributed by atoms with van der Waals surface area (Å²) in [6, 6.07) is 16.4. The maximum absolute atomic E-state index is 12.3. The first-order valence-corrected chi connectivity index (χ1v) is 13.9. The molecule has 6 rings (SSSR count). The molecule has 5 atom stereocenters. The van der Waals surface area contributed by atoms with Crippen LogP contribution in [0.5, 0.6) is 0 Å². The Bertz CT molecular complexity index is 1420. The van der Waals surface area contributed by atoms with Gasteiger partial charge in [0.1, 0.15) is 5.60 Å². The average molecular weight is 506 g/mol. The average Bonchev–Trinajstić information content (AvgIpc) is 3.18. The summed E-state index contributed by atoms with van der Waals surface area (Å²) in [6.45, 7) is 4.34. The van der Waals surface area contributed by atoms with Crippen LogP contribution < -0.4 is 0 Å². The molecule has 3 unspecified atom stereocenters. The van der Waals surface area contributed by atoms with E-state index < -0.39 is 5.60 Å². The first kappa shape index (κ1) is 24.9. The Balaban J connectivity index is 1.45. The second-order valence-electron chi connectivity index (χ2n) is 11.9. The molecule has 0 radical (unpaired) electrons. The molecule has 0 bridgehead atoms. The van der Waals surface area contributed by atoms with Gasteiger partial charge in [-0.15, -0.1) is 0 Å². The van der Waals surface area contributed by atoms with E-state index in [0.29, 0.717) is 24.7 Å². The summed E-state index contributed by atoms with van der Waals surface area (Å²) in [5.41, 5.74) is 6.92. The largest absolute Gasteiger partial charge is 0.411 e. The highest BCUT2D eigenvalue weighted by Crippen LogP contribution is 2.66. The molecule has 38 heavy (non-hydrogen) atoms. The van der Waals surface area contributed by atoms with E-state index in [1.807, 2.05) is 30.3 Å². The minimum absolute atomic E-state index is 0.152. The van der Waals surface area contributed by atoms with E-state index in [2.05, 4.69) is 55.1 Å². The Morgan fingerprint density at radius 3 is 2.53 bits per heavy atom. The number of rotatable bonds is 2. The normalized spacial score (nSPS) is 32.2. The summed E-state index contributed by atoms with van der Waals surface area (Å²) in [5, 5.41) is 24.4. The van der Waals surface area contributed by atoms with Crippen molar-refractivity contribution >= 4 is 12.0 Å². The van der Waals surface area contributed by atoms with Gasteiger partial charge >= 0.3 is 0 Å². The highest BCUT2D eigenvalue weighted by molar-refractivity contribution is 5.93. The van der Waals surface area contributed by atoms with Crippen LogP contribution in [0.2, 0.25) is 0 Å². The molecule has 4 aliphatic carbocycles. The van der Waals surface area contributed by atoms with Gasteiger partial charge in [0.2, 0.25) is 0 Å². The van der Waals surface area contributed by atoms with Crippen LogP contribution in [-0.4, -0.2) is 27.9 Å². The van der Waals surface area contributed by atoms with Crippen molar-refractivity contribution in [1.82, 2.24) is 0 Å². The third kappa shape index (κ3) is 4.05. The van der Waals surface area contributed by atoms with Gasteiger partial charge in [0.25, 0.3) is 0 Å². The summed E-state index contributed by atoms with van der Waals surface area (Å²) < 4.78 is 0. The summed E-state index contributed by atoms with van der Waals surface area (Å²) in [7, 11) is 0. The van der Waals surface area contributed by atoms with Gasteiger partial charge in [-0.25, -0.2) is 0 Å². The van der Waals surface area contributed by atoms with Gasteiger partial charge in [-0.3, -0.25) is 4.79 Å². The number of aliphatic hydroxyl groups is 1. The van der Waals surface area contributed by atoms with Crippen LogP contribution in [-0.2, 0) is 4.79 Å². The number of aryl methyl sites for hydroxylation is 1. The highest BCUT2D eigenvalue weighted by Gasteiger charge is 2.62. The number of nitrogens with zero attached hydrogens (tertiary/aromatic N) is 1. The van der Waals surface area contributed by atoms with Crippen molar-refractivity contribution in [3.05, 3.63) is 93.6 Å². The van der Waals surface area contributed by atoms with Gasteiger partial charge in [-0.1, -0.05) is 71.5 Å². The molecule has 4 heteroatoms. The number of oxime groups is 1. The summed E-state index contributed by atoms with van der Waals surface area (Å²) in [4.78, 5) is 12.3. The smallest absolute Gasteiger partial charge is 0.156 e. The minimum atomic E-state index is -1.06. The Hall–Kier alpha value is -3.42. The zero-order valence-corrected chi connectivity index (χ0v) is 22.2. The van der Waals surface area contributed by atoms with Crippen molar-refractivity contribution in [3.63, 3.8) is 0 Å². The van der Waals surface area contributed by atoms with Crippen molar-refractivity contribution in [1.29, 1.82) is 0 Å². The highest BCUT2D eigenvalue weighted by atomic mass is 16.4. The van der Waals surface area contributed by atoms with Gasteiger partial charge in [0.05, 0.1) is 6.21 Å². The van der Waals surface area contributed by atoms with E-state index in [1.165, 1.54) is 34.1 Å². The van der Waals surface area contributed by atoms with Crippen LogP contribution in [0.3, 0.4) is 0 Å². The number of ketones is 1. The Morgan fingerprint density at radius 1 is 1.03 bits per heavy atom. The first-order chi connectivity index (χ1) is 18.3. The molecule has 2 fully saturated rings. The van der Waals surface area contributed by atoms with Crippen molar-refractivity contribution in [2.24, 2.45) is 22.4 Å². The number of carbonyl (C=O) groups excluding carboxylic acids is 1. The number of carbonyl (C=O) groups is 1. The molecule has 0 aromatic heterocycles. The first-order valence-electron chi connectivity index (χ1n) is 13.9. The molecule has 2 saturated carbocycles. The van der Waals surface area contributed by atoms with E-state index in [9.17, 15) is 9.90 Å². The maximum atomic E-state index is 12.3. The van der Waals surface area contributed by atoms with E-state index in [0.717, 1.165) is 43.2 Å². The molecule has 0 aliphatic heterocycles. The zero-order valence-electron chi connectivity index (χ0n) is 22.2. The lowest BCUT2D eigenvalue weighted by Crippen LogP contribution is -2.51. The molecule has 2 aromatic carbocycles. The fourth-order valence-corrected chi connectivity index (χ4v) is 7.86. The van der Waals surface area contributed by atoms with Crippen molar-refractivity contribution in [2.75, 3.05) is 0 Å². The Kier molecular flexibility index (Phi) is 6.16. The number of hydrogen-bond acceptors (Lipinski definition) is 4. The number of fused-ring (bicyclic) bond motifs is 4. The standard InChI is InChI=1S/C34H35NO3/c1-22-3-5-23(6-4-22)15-17-34(37)18-16-31-29-13-11-26-19-27(36)12-14-28(26)32(29)30(20-33(31,34)2)25-9-7-24(8-10-25)21-35-38/h3-10,19,21,29-31,37-38H,11-14,16,18,20H2,1-2H3/b35-21-/t29?,30?,31?,33-,34-/m0/s1. The van der Waals surface area contributed by atoms with Gasteiger partial charge in [-0.05, 0) is 97.8 Å². The molecule has 0 amide bonds. The molecule has 4 aliphatic rings. The molecule has 0 heterocycles. The fraction of sp³-hybridized carbons (Fsp3) is 0.412. The van der Waals surface area contributed by atoms with Gasteiger partial charge in [0.15, 0.2) is 5.78 Å². The van der Waals surface area contributed by atoms with E-state index >= 15 is 0 Å². The Labute approximate surface area is 225 Å². The molecule has 4 nitrogen and oxygen atoms in total. The quantitative estimate of drug-likeness (QED) is 0.212. The predicted octanol–water partition coefficient (Wildman–Crippen LogP) is 6.49. The van der Waals surface area contributed by atoms with Crippen molar-refractivity contribution < 1.29 is 15.1 Å². The summed E-state index contributed by atoms with van der Waals surface area (Å²) in [5.74, 6) is 7.83. The van der Waals surface area contributed by atoms with Gasteiger partial charge in [0, 0.05) is 23.3 Å². The molecule has 194 valence electrons. The van der Waals surface area contributed by atoms with Crippen LogP contribution in [0.1, 0.15) is 80.0 Å². The van der Waals surface area contributed by atoms with Gasteiger partial charge < -0.3 is 10.3 Å². The molecule has 0 spiro atoms. The second kappa shape index (κ2) is 9.40. The number of hydrogen-bond donors (Lipinski definition) is 2. The van der Waals surface area contributed by atoms with E-state index in [-0.39, 0.29) is 17.1 Å². The summed E-state index contributed by atoms with van der Waals surface area (Å²) in [6.07, 6.45) is 9.17. The fourth-order valence-electron chi connectivity index (χ4n) is 7.86. The third-order valence-corrected chi connectivity index (χ3v) is 9.90. The van der Waals surface area contributed by atoms with E-state index in [4.69, 9.17) is 5.21 Å². The van der Waals surface area contributed by atoms with Crippen LogP contribution in [0.4, 0.5) is 0 Å². The topological polar surface area (TPSA) is 69.9 Å². The molecule has 0 saturated heterocycles. The lowest BCUT2D eigenvalue weighted by atomic mass is 9.51. The Morgan fingerprint density at radius 2 is 1.79 bits per heavy atom. The van der Waals surface area contributed by atoms with Crippen molar-refractivity contribution in [2.45, 2.75) is 70.3 Å². The van der Waals surface area contributed by atoms with Gasteiger partial charge in [-0.2, -0.15) is 0 Å². The molecular weight excluding hydrogens is 470 g/mol. The molecule has 2 N–H and O–H groups in total. The lowest BCUT2D eigenvalue weighted by Gasteiger charge is -2.53. The number of benzene rings is 2. The SMILES string of the molecule is Cc1ccc(C#C[C@]2(O)CCC3C4CCC5=CC(=O)CCC5=C4C(c4ccc(/C=N\O)cc4)C[C@@]32C)cc1. The monoisotopic (exact) mass is 505 g/mol. The zero-order chi connectivity index (χ0) is 26.5. The molecule has 2 aromatic rings. The van der Waals surface area contributed by atoms with E-state index in [1.54, 1.807) is 0 Å². The summed E-state index contributed by atoms with van der Waals surface area (Å²) >= 11 is 0. The maximum Gasteiger partial charge on any atom is 0.156 e. The van der Waals surface area contributed by atoms with Crippen LogP contribution >= 0.6 is 0 Å². The van der Waals surface area contributed by atoms with Crippen LogP contribution in [0.25, 0.3) is 0 Å². The number of allylic oxidation sites excluding steroid dienone is 4.